The van der Waals surface area contributed by atoms with Crippen molar-refractivity contribution in [3.05, 3.63) is 68.7 Å². The number of hydrazine groups is 1. The van der Waals surface area contributed by atoms with Crippen molar-refractivity contribution in [2.24, 2.45) is 5.84 Å². The monoisotopic (exact) mass is 346 g/mol. The predicted molar refractivity (Wildman–Crippen MR) is 74.7 cm³/mol. The Morgan fingerprint density at radius 2 is 1.79 bits per heavy atom. The zero-order valence-corrected chi connectivity index (χ0v) is 12.0. The van der Waals surface area contributed by atoms with Gasteiger partial charge in [-0.2, -0.15) is 0 Å². The average molecular weight is 348 g/mol. The zero-order chi connectivity index (χ0) is 14.0. The smallest absolute Gasteiger partial charge is 0.131 e. The van der Waals surface area contributed by atoms with Crippen molar-refractivity contribution in [2.75, 3.05) is 0 Å². The van der Waals surface area contributed by atoms with Gasteiger partial charge in [-0.15, -0.1) is 0 Å². The van der Waals surface area contributed by atoms with Crippen LogP contribution in [0.1, 0.15) is 17.2 Å². The second kappa shape index (κ2) is 5.96. The number of benzene rings is 2. The Morgan fingerprint density at radius 3 is 2.32 bits per heavy atom. The van der Waals surface area contributed by atoms with Gasteiger partial charge in [0.1, 0.15) is 11.6 Å². The molecule has 6 heteroatoms. The molecule has 2 rings (SSSR count). The summed E-state index contributed by atoms with van der Waals surface area (Å²) in [7, 11) is 0. The van der Waals surface area contributed by atoms with E-state index in [1.54, 1.807) is 18.2 Å². The van der Waals surface area contributed by atoms with E-state index in [4.69, 9.17) is 17.4 Å². The maximum atomic E-state index is 13.8. The van der Waals surface area contributed by atoms with Gasteiger partial charge in [-0.3, -0.25) is 5.84 Å². The predicted octanol–water partition coefficient (Wildman–Crippen LogP) is 3.93. The third-order valence-electron chi connectivity index (χ3n) is 2.67. The van der Waals surface area contributed by atoms with Crippen LogP contribution in [0.3, 0.4) is 0 Å². The van der Waals surface area contributed by atoms with Crippen LogP contribution in [0.4, 0.5) is 8.78 Å². The highest BCUT2D eigenvalue weighted by molar-refractivity contribution is 9.10. The van der Waals surface area contributed by atoms with Gasteiger partial charge in [0.15, 0.2) is 0 Å². The standard InChI is InChI=1S/C13H10BrClF2N2/c14-8-4-7(5-9(15)6-8)13(19-18)12-10(16)2-1-3-11(12)17/h1-6,13,19H,18H2. The molecule has 0 radical (unpaired) electrons. The van der Waals surface area contributed by atoms with E-state index in [9.17, 15) is 8.78 Å². The first-order valence-corrected chi connectivity index (χ1v) is 6.56. The highest BCUT2D eigenvalue weighted by Crippen LogP contribution is 2.30. The number of nitrogens with two attached hydrogens (primary N) is 1. The van der Waals surface area contributed by atoms with Gasteiger partial charge >= 0.3 is 0 Å². The van der Waals surface area contributed by atoms with Crippen molar-refractivity contribution in [2.45, 2.75) is 6.04 Å². The van der Waals surface area contributed by atoms with E-state index in [0.29, 0.717) is 15.1 Å². The lowest BCUT2D eigenvalue weighted by Crippen LogP contribution is -2.30. The molecular weight excluding hydrogens is 338 g/mol. The summed E-state index contributed by atoms with van der Waals surface area (Å²) >= 11 is 9.21. The van der Waals surface area contributed by atoms with Crippen LogP contribution in [0.25, 0.3) is 0 Å². The van der Waals surface area contributed by atoms with Crippen molar-refractivity contribution in [1.29, 1.82) is 0 Å². The van der Waals surface area contributed by atoms with E-state index in [2.05, 4.69) is 21.4 Å². The van der Waals surface area contributed by atoms with Crippen LogP contribution < -0.4 is 11.3 Å². The SMILES string of the molecule is NNC(c1cc(Cl)cc(Br)c1)c1c(F)cccc1F. The number of rotatable bonds is 3. The lowest BCUT2D eigenvalue weighted by molar-refractivity contribution is 0.510. The van der Waals surface area contributed by atoms with Crippen LogP contribution >= 0.6 is 27.5 Å². The van der Waals surface area contributed by atoms with Crippen LogP contribution in [0.15, 0.2) is 40.9 Å². The zero-order valence-electron chi connectivity index (χ0n) is 9.63. The van der Waals surface area contributed by atoms with Gasteiger partial charge in [0, 0.05) is 15.1 Å². The molecule has 0 bridgehead atoms. The molecule has 19 heavy (non-hydrogen) atoms. The van der Waals surface area contributed by atoms with Crippen LogP contribution in [0, 0.1) is 11.6 Å². The highest BCUT2D eigenvalue weighted by Gasteiger charge is 2.21. The molecule has 0 amide bonds. The quantitative estimate of drug-likeness (QED) is 0.652. The molecule has 0 spiro atoms. The fourth-order valence-corrected chi connectivity index (χ4v) is 2.76. The molecule has 0 fully saturated rings. The topological polar surface area (TPSA) is 38.0 Å². The second-order valence-corrected chi connectivity index (χ2v) is 5.29. The van der Waals surface area contributed by atoms with E-state index in [1.807, 2.05) is 0 Å². The lowest BCUT2D eigenvalue weighted by atomic mass is 9.98. The van der Waals surface area contributed by atoms with Gasteiger partial charge in [0.05, 0.1) is 6.04 Å². The van der Waals surface area contributed by atoms with E-state index >= 15 is 0 Å². The summed E-state index contributed by atoms with van der Waals surface area (Å²) in [5.41, 5.74) is 2.83. The number of halogens is 4. The third kappa shape index (κ3) is 3.12. The molecule has 0 aromatic heterocycles. The van der Waals surface area contributed by atoms with Crippen molar-refractivity contribution >= 4 is 27.5 Å². The summed E-state index contributed by atoms with van der Waals surface area (Å²) in [6.45, 7) is 0. The fraction of sp³-hybridized carbons (Fsp3) is 0.0769. The molecule has 0 aliphatic carbocycles. The number of nitrogens with one attached hydrogen (secondary N) is 1. The van der Waals surface area contributed by atoms with Crippen LogP contribution in [-0.4, -0.2) is 0 Å². The van der Waals surface area contributed by atoms with E-state index in [0.717, 1.165) is 0 Å². The highest BCUT2D eigenvalue weighted by atomic mass is 79.9. The van der Waals surface area contributed by atoms with Gasteiger partial charge < -0.3 is 0 Å². The number of hydrogen-bond acceptors (Lipinski definition) is 2. The fourth-order valence-electron chi connectivity index (χ4n) is 1.87. The van der Waals surface area contributed by atoms with Crippen LogP contribution in [0.5, 0.6) is 0 Å². The Kier molecular flexibility index (Phi) is 4.52. The van der Waals surface area contributed by atoms with Crippen LogP contribution in [-0.2, 0) is 0 Å². The van der Waals surface area contributed by atoms with Crippen molar-refractivity contribution in [1.82, 2.24) is 5.43 Å². The van der Waals surface area contributed by atoms with E-state index < -0.39 is 17.7 Å². The summed E-state index contributed by atoms with van der Waals surface area (Å²) in [5.74, 6) is 4.10. The molecule has 0 saturated heterocycles. The van der Waals surface area contributed by atoms with Gasteiger partial charge in [-0.25, -0.2) is 14.2 Å². The lowest BCUT2D eigenvalue weighted by Gasteiger charge is -2.18. The van der Waals surface area contributed by atoms with Gasteiger partial charge in [0.25, 0.3) is 0 Å². The third-order valence-corrected chi connectivity index (χ3v) is 3.35. The minimum atomic E-state index is -0.823. The Labute approximate surface area is 122 Å². The number of hydrogen-bond donors (Lipinski definition) is 2. The molecule has 3 N–H and O–H groups in total. The average Bonchev–Trinajstić information content (AvgIpc) is 2.32. The first-order valence-electron chi connectivity index (χ1n) is 5.39. The normalized spacial score (nSPS) is 12.5. The van der Waals surface area contributed by atoms with Gasteiger partial charge in [-0.05, 0) is 35.9 Å². The Morgan fingerprint density at radius 1 is 1.16 bits per heavy atom. The molecule has 0 heterocycles. The second-order valence-electron chi connectivity index (χ2n) is 3.94. The van der Waals surface area contributed by atoms with Gasteiger partial charge in [0.2, 0.25) is 0 Å². The largest absolute Gasteiger partial charge is 0.271 e. The molecule has 0 saturated carbocycles. The summed E-state index contributed by atoms with van der Waals surface area (Å²) in [4.78, 5) is 0. The molecule has 2 aromatic rings. The molecule has 0 aliphatic rings. The molecule has 2 nitrogen and oxygen atoms in total. The van der Waals surface area contributed by atoms with Crippen molar-refractivity contribution in [3.8, 4) is 0 Å². The first-order chi connectivity index (χ1) is 9.02. The molecule has 2 aromatic carbocycles. The van der Waals surface area contributed by atoms with Crippen LogP contribution in [0.2, 0.25) is 5.02 Å². The minimum Gasteiger partial charge on any atom is -0.271 e. The van der Waals surface area contributed by atoms with E-state index in [-0.39, 0.29) is 5.56 Å². The van der Waals surface area contributed by atoms with Crippen molar-refractivity contribution < 1.29 is 8.78 Å². The molecule has 100 valence electrons. The molecule has 1 atom stereocenters. The summed E-state index contributed by atoms with van der Waals surface area (Å²) < 4.78 is 28.3. The Balaban J connectivity index is 2.56. The molecule has 1 unspecified atom stereocenters. The maximum Gasteiger partial charge on any atom is 0.131 e. The summed E-state index contributed by atoms with van der Waals surface area (Å²) in [6.07, 6.45) is 0. The Bertz CT molecular complexity index is 567. The maximum absolute atomic E-state index is 13.8. The van der Waals surface area contributed by atoms with Gasteiger partial charge in [-0.1, -0.05) is 33.6 Å². The molecule has 0 aliphatic heterocycles. The summed E-state index contributed by atoms with van der Waals surface area (Å²) in [5, 5.41) is 0.446. The first kappa shape index (κ1) is 14.4. The Hall–Kier alpha value is -1.01. The molecular formula is C13H10BrClF2N2. The van der Waals surface area contributed by atoms with Crippen molar-refractivity contribution in [3.63, 3.8) is 0 Å². The minimum absolute atomic E-state index is 0.140. The van der Waals surface area contributed by atoms with E-state index in [1.165, 1.54) is 18.2 Å². The summed E-state index contributed by atoms with van der Waals surface area (Å²) in [6, 6.07) is 7.82.